The number of hydrogen-bond acceptors (Lipinski definition) is 6. The van der Waals surface area contributed by atoms with Gasteiger partial charge in [0.05, 0.1) is 5.56 Å². The molecular formula is C34H41NO5Si. The second kappa shape index (κ2) is 11.7. The summed E-state index contributed by atoms with van der Waals surface area (Å²) in [5.74, 6) is 1.96. The Bertz CT molecular complexity index is 1490. The number of carbonyl (C=O) groups excluding carboxylic acids is 1. The molecule has 1 aromatic heterocycles. The molecule has 2 heterocycles. The summed E-state index contributed by atoms with van der Waals surface area (Å²) in [4.78, 5) is 16.3. The van der Waals surface area contributed by atoms with Crippen LogP contribution in [0, 0.1) is 0 Å². The molecule has 0 bridgehead atoms. The number of fused-ring (bicyclic) bond motifs is 1. The molecule has 4 aromatic rings. The average molecular weight is 572 g/mol. The molecule has 0 unspecified atom stereocenters. The van der Waals surface area contributed by atoms with E-state index >= 15 is 0 Å². The lowest BCUT2D eigenvalue weighted by atomic mass is 9.97. The van der Waals surface area contributed by atoms with Crippen LogP contribution in [0.5, 0.6) is 17.2 Å². The van der Waals surface area contributed by atoms with Gasteiger partial charge in [-0.05, 0) is 105 Å². The predicted octanol–water partition coefficient (Wildman–Crippen LogP) is 8.29. The van der Waals surface area contributed by atoms with E-state index in [1.165, 1.54) is 19.3 Å². The summed E-state index contributed by atoms with van der Waals surface area (Å²) in [6.45, 7) is 14.9. The highest BCUT2D eigenvalue weighted by molar-refractivity contribution is 6.74. The number of ketones is 1. The molecule has 216 valence electrons. The van der Waals surface area contributed by atoms with E-state index in [9.17, 15) is 9.90 Å². The Labute approximate surface area is 244 Å². The maximum absolute atomic E-state index is 13.9. The third-order valence-electron chi connectivity index (χ3n) is 8.44. The van der Waals surface area contributed by atoms with Crippen LogP contribution in [0.25, 0.3) is 22.3 Å². The largest absolute Gasteiger partial charge is 0.544 e. The number of carbonyl (C=O) groups is 1. The molecule has 0 aliphatic carbocycles. The molecule has 7 heteroatoms. The highest BCUT2D eigenvalue weighted by Crippen LogP contribution is 2.40. The van der Waals surface area contributed by atoms with E-state index < -0.39 is 8.32 Å². The van der Waals surface area contributed by atoms with Crippen molar-refractivity contribution in [1.29, 1.82) is 0 Å². The first-order valence-electron chi connectivity index (χ1n) is 14.6. The molecule has 3 aromatic carbocycles. The van der Waals surface area contributed by atoms with E-state index in [1.54, 1.807) is 30.3 Å². The van der Waals surface area contributed by atoms with Crippen molar-refractivity contribution in [2.75, 3.05) is 26.2 Å². The lowest BCUT2D eigenvalue weighted by Gasteiger charge is -2.36. The summed E-state index contributed by atoms with van der Waals surface area (Å²) in [5.41, 5.74) is 2.24. The van der Waals surface area contributed by atoms with Crippen molar-refractivity contribution in [1.82, 2.24) is 4.90 Å². The third kappa shape index (κ3) is 6.52. The molecule has 5 rings (SSSR count). The van der Waals surface area contributed by atoms with E-state index in [0.717, 1.165) is 36.7 Å². The number of benzene rings is 3. The third-order valence-corrected chi connectivity index (χ3v) is 12.8. The topological polar surface area (TPSA) is 72.1 Å². The van der Waals surface area contributed by atoms with Crippen molar-refractivity contribution in [3.63, 3.8) is 0 Å². The number of aromatic hydroxyl groups is 1. The number of furan rings is 1. The first-order chi connectivity index (χ1) is 19.5. The van der Waals surface area contributed by atoms with Gasteiger partial charge in [-0.15, -0.1) is 0 Å². The highest BCUT2D eigenvalue weighted by Gasteiger charge is 2.39. The molecule has 1 saturated heterocycles. The summed E-state index contributed by atoms with van der Waals surface area (Å²) in [7, 11) is -1.99. The zero-order valence-electron chi connectivity index (χ0n) is 24.8. The standard InChI is InChI=1S/C34H41NO5Si/c1-34(2,3)41(4,5)40-28-16-11-25(12-17-28)33-31(29-18-13-26(36)23-30(29)39-33)32(37)24-9-14-27(15-10-24)38-22-21-35-19-7-6-8-20-35/h9-18,23,36H,6-8,19-22H2,1-5H3. The van der Waals surface area contributed by atoms with Gasteiger partial charge in [0, 0.05) is 29.1 Å². The molecule has 0 radical (unpaired) electrons. The van der Waals surface area contributed by atoms with Crippen molar-refractivity contribution >= 4 is 25.1 Å². The van der Waals surface area contributed by atoms with E-state index in [4.69, 9.17) is 13.6 Å². The number of nitrogens with zero attached hydrogens (tertiary/aromatic N) is 1. The van der Waals surface area contributed by atoms with E-state index in [0.29, 0.717) is 34.5 Å². The van der Waals surface area contributed by atoms with Crippen LogP contribution in [0.4, 0.5) is 0 Å². The summed E-state index contributed by atoms with van der Waals surface area (Å²) in [6.07, 6.45) is 3.84. The second-order valence-corrected chi connectivity index (χ2v) is 17.2. The summed E-state index contributed by atoms with van der Waals surface area (Å²) >= 11 is 0. The van der Waals surface area contributed by atoms with Gasteiger partial charge in [-0.3, -0.25) is 9.69 Å². The minimum atomic E-state index is -1.99. The normalized spacial score (nSPS) is 14.8. The Balaban J connectivity index is 1.38. The van der Waals surface area contributed by atoms with Crippen molar-refractivity contribution < 1.29 is 23.5 Å². The van der Waals surface area contributed by atoms with Gasteiger partial charge in [-0.2, -0.15) is 0 Å². The fourth-order valence-electron chi connectivity index (χ4n) is 4.96. The molecule has 1 aliphatic rings. The van der Waals surface area contributed by atoms with Crippen molar-refractivity contribution in [3.8, 4) is 28.6 Å². The minimum absolute atomic E-state index is 0.0832. The number of phenols is 1. The minimum Gasteiger partial charge on any atom is -0.544 e. The molecule has 0 saturated carbocycles. The number of piperidine rings is 1. The molecule has 6 nitrogen and oxygen atoms in total. The van der Waals surface area contributed by atoms with E-state index in [1.807, 2.05) is 36.4 Å². The lowest BCUT2D eigenvalue weighted by molar-refractivity contribution is 0.104. The number of rotatable bonds is 9. The van der Waals surface area contributed by atoms with Crippen LogP contribution in [0.2, 0.25) is 18.1 Å². The predicted molar refractivity (Wildman–Crippen MR) is 167 cm³/mol. The van der Waals surface area contributed by atoms with Gasteiger partial charge < -0.3 is 18.7 Å². The Hall–Kier alpha value is -3.55. The van der Waals surface area contributed by atoms with Gasteiger partial charge in [0.1, 0.15) is 35.2 Å². The van der Waals surface area contributed by atoms with Gasteiger partial charge in [0.2, 0.25) is 8.32 Å². The fraction of sp³-hybridized carbons (Fsp3) is 0.382. The monoisotopic (exact) mass is 571 g/mol. The van der Waals surface area contributed by atoms with Gasteiger partial charge >= 0.3 is 0 Å². The Morgan fingerprint density at radius 3 is 2.24 bits per heavy atom. The summed E-state index contributed by atoms with van der Waals surface area (Å²) in [6, 6.07) is 19.9. The molecule has 41 heavy (non-hydrogen) atoms. The number of ether oxygens (including phenoxy) is 1. The number of hydrogen-bond donors (Lipinski definition) is 1. The smallest absolute Gasteiger partial charge is 0.250 e. The van der Waals surface area contributed by atoms with E-state index in [-0.39, 0.29) is 16.6 Å². The van der Waals surface area contributed by atoms with E-state index in [2.05, 4.69) is 38.8 Å². The first-order valence-corrected chi connectivity index (χ1v) is 17.5. The Morgan fingerprint density at radius 2 is 1.59 bits per heavy atom. The zero-order valence-corrected chi connectivity index (χ0v) is 25.8. The number of likely N-dealkylation sites (tertiary alicyclic amines) is 1. The van der Waals surface area contributed by atoms with Crippen molar-refractivity contribution in [2.24, 2.45) is 0 Å². The van der Waals surface area contributed by atoms with Crippen LogP contribution < -0.4 is 9.16 Å². The lowest BCUT2D eigenvalue weighted by Crippen LogP contribution is -2.43. The summed E-state index contributed by atoms with van der Waals surface area (Å²) in [5, 5.41) is 10.8. The van der Waals surface area contributed by atoms with Crippen LogP contribution in [0.3, 0.4) is 0 Å². The zero-order chi connectivity index (χ0) is 29.2. The van der Waals surface area contributed by atoms with Crippen molar-refractivity contribution in [3.05, 3.63) is 77.9 Å². The molecule has 1 fully saturated rings. The quantitative estimate of drug-likeness (QED) is 0.161. The maximum atomic E-state index is 13.9. The van der Waals surface area contributed by atoms with Crippen LogP contribution in [-0.2, 0) is 0 Å². The molecule has 0 amide bonds. The molecule has 0 spiro atoms. The Morgan fingerprint density at radius 1 is 0.927 bits per heavy atom. The molecular weight excluding hydrogens is 530 g/mol. The van der Waals surface area contributed by atoms with Gasteiger partial charge in [0.25, 0.3) is 0 Å². The highest BCUT2D eigenvalue weighted by atomic mass is 28.4. The SMILES string of the molecule is CC(C)(C)[Si](C)(C)Oc1ccc(-c2oc3cc(O)ccc3c2C(=O)c2ccc(OCCN3CCCCC3)cc2)cc1. The molecule has 0 atom stereocenters. The van der Waals surface area contributed by atoms with Gasteiger partial charge in [-0.1, -0.05) is 27.2 Å². The van der Waals surface area contributed by atoms with Crippen LogP contribution in [-0.4, -0.2) is 50.3 Å². The average Bonchev–Trinajstić information content (AvgIpc) is 3.32. The van der Waals surface area contributed by atoms with Crippen LogP contribution >= 0.6 is 0 Å². The number of phenolic OH excluding ortho intramolecular Hbond substituents is 1. The molecule has 1 N–H and O–H groups in total. The van der Waals surface area contributed by atoms with Gasteiger partial charge in [0.15, 0.2) is 5.78 Å². The summed E-state index contributed by atoms with van der Waals surface area (Å²) < 4.78 is 18.6. The van der Waals surface area contributed by atoms with Crippen molar-refractivity contribution in [2.45, 2.75) is 58.2 Å². The first kappa shape index (κ1) is 29.0. The maximum Gasteiger partial charge on any atom is 0.250 e. The molecule has 1 aliphatic heterocycles. The Kier molecular flexibility index (Phi) is 8.29. The van der Waals surface area contributed by atoms with Gasteiger partial charge in [-0.25, -0.2) is 0 Å². The van der Waals surface area contributed by atoms with Crippen LogP contribution in [0.1, 0.15) is 56.0 Å². The van der Waals surface area contributed by atoms with Crippen LogP contribution in [0.15, 0.2) is 71.1 Å². The fourth-order valence-corrected chi connectivity index (χ4v) is 5.99. The second-order valence-electron chi connectivity index (χ2n) is 12.5.